The number of benzene rings is 2. The van der Waals surface area contributed by atoms with Crippen molar-refractivity contribution in [3.63, 3.8) is 0 Å². The molecule has 150 valence electrons. The van der Waals surface area contributed by atoms with E-state index in [0.717, 1.165) is 21.3 Å². The first-order valence-electron chi connectivity index (χ1n) is 8.45. The molecule has 0 aliphatic rings. The lowest BCUT2D eigenvalue weighted by Gasteiger charge is -2.17. The van der Waals surface area contributed by atoms with Gasteiger partial charge in [-0.1, -0.05) is 12.1 Å². The zero-order valence-corrected chi connectivity index (χ0v) is 18.1. The number of carbonyl (C=O) groups is 1. The van der Waals surface area contributed by atoms with E-state index >= 15 is 0 Å². The highest BCUT2D eigenvalue weighted by Crippen LogP contribution is 2.35. The lowest BCUT2D eigenvalue weighted by Crippen LogP contribution is -2.26. The van der Waals surface area contributed by atoms with Gasteiger partial charge < -0.3 is 19.1 Å². The predicted molar refractivity (Wildman–Crippen MR) is 114 cm³/mol. The minimum atomic E-state index is -0.769. The van der Waals surface area contributed by atoms with Crippen LogP contribution in [-0.4, -0.2) is 47.5 Å². The van der Waals surface area contributed by atoms with E-state index in [1.807, 2.05) is 49.3 Å². The van der Waals surface area contributed by atoms with E-state index < -0.39 is 6.10 Å². The molecular formula is C20H24BrN3O4. The van der Waals surface area contributed by atoms with Crippen molar-refractivity contribution in [1.29, 1.82) is 0 Å². The molecular weight excluding hydrogens is 426 g/mol. The SMILES string of the molecule is COc1cc(C=NNC(=O)C(OC)c2cccc(N(C)C)c2)cc(Br)c1OC. The van der Waals surface area contributed by atoms with Gasteiger partial charge in [-0.3, -0.25) is 4.79 Å². The standard InChI is InChI=1S/C20H24BrN3O4/c1-24(2)15-8-6-7-14(11-15)18(27-4)20(25)23-22-12-13-9-16(21)19(28-5)17(10-13)26-3/h6-12,18H,1-5H3,(H,23,25). The van der Waals surface area contributed by atoms with E-state index in [4.69, 9.17) is 14.2 Å². The molecule has 2 aromatic rings. The first kappa shape index (κ1) is 21.7. The molecule has 28 heavy (non-hydrogen) atoms. The smallest absolute Gasteiger partial charge is 0.273 e. The number of carbonyl (C=O) groups excluding carboxylic acids is 1. The molecule has 0 saturated heterocycles. The molecule has 0 aliphatic carbocycles. The number of hydrogen-bond donors (Lipinski definition) is 1. The van der Waals surface area contributed by atoms with Crippen molar-refractivity contribution in [3.05, 3.63) is 52.0 Å². The number of amides is 1. The Hall–Kier alpha value is -2.58. The largest absolute Gasteiger partial charge is 0.493 e. The van der Waals surface area contributed by atoms with Crippen LogP contribution in [0.3, 0.4) is 0 Å². The van der Waals surface area contributed by atoms with E-state index in [-0.39, 0.29) is 5.91 Å². The van der Waals surface area contributed by atoms with Gasteiger partial charge in [0.25, 0.3) is 5.91 Å². The summed E-state index contributed by atoms with van der Waals surface area (Å²) in [7, 11) is 8.48. The average molecular weight is 450 g/mol. The fraction of sp³-hybridized carbons (Fsp3) is 0.300. The van der Waals surface area contributed by atoms with Gasteiger partial charge in [0.05, 0.1) is 24.9 Å². The fourth-order valence-electron chi connectivity index (χ4n) is 2.60. The van der Waals surface area contributed by atoms with Crippen molar-refractivity contribution in [2.45, 2.75) is 6.10 Å². The van der Waals surface area contributed by atoms with E-state index in [0.29, 0.717) is 11.5 Å². The topological polar surface area (TPSA) is 72.4 Å². The maximum absolute atomic E-state index is 12.5. The maximum atomic E-state index is 12.5. The number of nitrogens with zero attached hydrogens (tertiary/aromatic N) is 2. The summed E-state index contributed by atoms with van der Waals surface area (Å²) in [6.07, 6.45) is 0.752. The monoisotopic (exact) mass is 449 g/mol. The third-order valence-corrected chi connectivity index (χ3v) is 4.60. The summed E-state index contributed by atoms with van der Waals surface area (Å²) in [5, 5.41) is 4.03. The van der Waals surface area contributed by atoms with Crippen LogP contribution < -0.4 is 19.8 Å². The second-order valence-electron chi connectivity index (χ2n) is 6.08. The summed E-state index contributed by atoms with van der Waals surface area (Å²) in [6.45, 7) is 0. The fourth-order valence-corrected chi connectivity index (χ4v) is 3.22. The van der Waals surface area contributed by atoms with Crippen LogP contribution in [0, 0.1) is 0 Å². The van der Waals surface area contributed by atoms with Crippen molar-refractivity contribution in [1.82, 2.24) is 5.43 Å². The first-order chi connectivity index (χ1) is 13.4. The Bertz CT molecular complexity index is 855. The Balaban J connectivity index is 2.14. The lowest BCUT2D eigenvalue weighted by atomic mass is 10.1. The number of nitrogens with one attached hydrogen (secondary N) is 1. The summed E-state index contributed by atoms with van der Waals surface area (Å²) < 4.78 is 16.7. The number of hydrogen-bond acceptors (Lipinski definition) is 6. The molecule has 0 heterocycles. The Morgan fingerprint density at radius 3 is 2.54 bits per heavy atom. The Kier molecular flexibility index (Phi) is 7.83. The second-order valence-corrected chi connectivity index (χ2v) is 6.93. The zero-order valence-electron chi connectivity index (χ0n) is 16.5. The molecule has 1 amide bonds. The van der Waals surface area contributed by atoms with Crippen molar-refractivity contribution in [2.24, 2.45) is 5.10 Å². The van der Waals surface area contributed by atoms with Crippen LogP contribution in [-0.2, 0) is 9.53 Å². The predicted octanol–water partition coefficient (Wildman–Crippen LogP) is 3.37. The molecule has 0 radical (unpaired) electrons. The van der Waals surface area contributed by atoms with Crippen molar-refractivity contribution < 1.29 is 19.0 Å². The van der Waals surface area contributed by atoms with Gasteiger partial charge in [0.2, 0.25) is 0 Å². The molecule has 0 bridgehead atoms. The highest BCUT2D eigenvalue weighted by atomic mass is 79.9. The van der Waals surface area contributed by atoms with Gasteiger partial charge in [-0.2, -0.15) is 5.10 Å². The highest BCUT2D eigenvalue weighted by Gasteiger charge is 2.20. The molecule has 2 rings (SSSR count). The van der Waals surface area contributed by atoms with Crippen LogP contribution in [0.2, 0.25) is 0 Å². The minimum Gasteiger partial charge on any atom is -0.493 e. The number of ether oxygens (including phenoxy) is 3. The van der Waals surface area contributed by atoms with Crippen LogP contribution in [0.5, 0.6) is 11.5 Å². The van der Waals surface area contributed by atoms with Crippen LogP contribution in [0.1, 0.15) is 17.2 Å². The van der Waals surface area contributed by atoms with E-state index in [2.05, 4.69) is 26.5 Å². The zero-order chi connectivity index (χ0) is 20.7. The van der Waals surface area contributed by atoms with Crippen LogP contribution in [0.4, 0.5) is 5.69 Å². The van der Waals surface area contributed by atoms with Crippen LogP contribution in [0.15, 0.2) is 46.0 Å². The maximum Gasteiger partial charge on any atom is 0.273 e. The summed E-state index contributed by atoms with van der Waals surface area (Å²) >= 11 is 3.43. The van der Waals surface area contributed by atoms with Gasteiger partial charge in [0.1, 0.15) is 0 Å². The van der Waals surface area contributed by atoms with Crippen molar-refractivity contribution in [2.75, 3.05) is 40.3 Å². The number of anilines is 1. The highest BCUT2D eigenvalue weighted by molar-refractivity contribution is 9.10. The summed E-state index contributed by atoms with van der Waals surface area (Å²) in [6, 6.07) is 11.2. The third kappa shape index (κ3) is 5.24. The summed E-state index contributed by atoms with van der Waals surface area (Å²) in [5.74, 6) is 0.776. The van der Waals surface area contributed by atoms with Gasteiger partial charge in [0, 0.05) is 26.9 Å². The van der Waals surface area contributed by atoms with E-state index in [1.54, 1.807) is 20.3 Å². The summed E-state index contributed by atoms with van der Waals surface area (Å²) in [5.41, 5.74) is 4.97. The van der Waals surface area contributed by atoms with Gasteiger partial charge in [-0.05, 0) is 51.3 Å². The second kappa shape index (κ2) is 10.1. The average Bonchev–Trinajstić information content (AvgIpc) is 2.68. The quantitative estimate of drug-likeness (QED) is 0.493. The van der Waals surface area contributed by atoms with E-state index in [9.17, 15) is 4.79 Å². The molecule has 1 N–H and O–H groups in total. The molecule has 0 fully saturated rings. The van der Waals surface area contributed by atoms with Crippen molar-refractivity contribution >= 4 is 33.7 Å². The molecule has 1 unspecified atom stereocenters. The number of rotatable bonds is 8. The first-order valence-corrected chi connectivity index (χ1v) is 9.25. The van der Waals surface area contributed by atoms with Crippen molar-refractivity contribution in [3.8, 4) is 11.5 Å². The van der Waals surface area contributed by atoms with E-state index in [1.165, 1.54) is 13.3 Å². The van der Waals surface area contributed by atoms with Gasteiger partial charge in [-0.15, -0.1) is 0 Å². The van der Waals surface area contributed by atoms with Crippen LogP contribution >= 0.6 is 15.9 Å². The molecule has 0 spiro atoms. The molecule has 0 aliphatic heterocycles. The molecule has 2 aromatic carbocycles. The number of hydrazone groups is 1. The Labute approximate surface area is 173 Å². The third-order valence-electron chi connectivity index (χ3n) is 4.01. The number of methoxy groups -OCH3 is 3. The Morgan fingerprint density at radius 1 is 1.18 bits per heavy atom. The normalized spacial score (nSPS) is 11.9. The molecule has 7 nitrogen and oxygen atoms in total. The Morgan fingerprint density at radius 2 is 1.93 bits per heavy atom. The lowest BCUT2D eigenvalue weighted by molar-refractivity contribution is -0.131. The molecule has 8 heteroatoms. The minimum absolute atomic E-state index is 0.366. The number of halogens is 1. The van der Waals surface area contributed by atoms with Gasteiger partial charge in [0.15, 0.2) is 17.6 Å². The summed E-state index contributed by atoms with van der Waals surface area (Å²) in [4.78, 5) is 14.5. The van der Waals surface area contributed by atoms with Gasteiger partial charge in [-0.25, -0.2) is 5.43 Å². The van der Waals surface area contributed by atoms with Gasteiger partial charge >= 0.3 is 0 Å². The molecule has 1 atom stereocenters. The molecule has 0 aromatic heterocycles. The van der Waals surface area contributed by atoms with Crippen LogP contribution in [0.25, 0.3) is 0 Å². The molecule has 0 saturated carbocycles.